The molecule has 8 nitrogen and oxygen atoms in total. The van der Waals surface area contributed by atoms with E-state index in [-0.39, 0.29) is 30.2 Å². The summed E-state index contributed by atoms with van der Waals surface area (Å²) in [6.07, 6.45) is 0.686. The van der Waals surface area contributed by atoms with Crippen molar-refractivity contribution in [3.63, 3.8) is 0 Å². The normalized spacial score (nSPS) is 12.7. The van der Waals surface area contributed by atoms with Crippen LogP contribution in [0, 0.1) is 0 Å². The summed E-state index contributed by atoms with van der Waals surface area (Å²) in [4.78, 5) is 35.4. The van der Waals surface area contributed by atoms with Crippen LogP contribution in [-0.2, 0) is 14.3 Å². The van der Waals surface area contributed by atoms with E-state index in [9.17, 15) is 19.5 Å². The number of hydrogen-bond acceptors (Lipinski definition) is 6. The van der Waals surface area contributed by atoms with Gasteiger partial charge in [0, 0.05) is 41.4 Å². The number of ether oxygens (including phenoxy) is 1. The second-order valence-corrected chi connectivity index (χ2v) is 22.4. The molecule has 11 heteroatoms. The summed E-state index contributed by atoms with van der Waals surface area (Å²) < 4.78 is 5.14. The van der Waals surface area contributed by atoms with Gasteiger partial charge in [-0.1, -0.05) is 39.3 Å². The van der Waals surface area contributed by atoms with Gasteiger partial charge in [0.15, 0.2) is 0 Å². The molecule has 0 aromatic heterocycles. The lowest BCUT2D eigenvalue weighted by Crippen LogP contribution is -2.40. The Morgan fingerprint density at radius 2 is 1.55 bits per heavy atom. The number of carbonyl (C=O) groups is 3. The van der Waals surface area contributed by atoms with E-state index in [0.29, 0.717) is 38.3 Å². The van der Waals surface area contributed by atoms with Crippen molar-refractivity contribution in [1.29, 1.82) is 0 Å². The topological polar surface area (TPSA) is 117 Å². The van der Waals surface area contributed by atoms with Crippen molar-refractivity contribution in [2.24, 2.45) is 0 Å². The van der Waals surface area contributed by atoms with Gasteiger partial charge in [0.25, 0.3) is 0 Å². The number of aliphatic hydroxyl groups is 1. The fourth-order valence-corrected chi connectivity index (χ4v) is 4.85. The fourth-order valence-electron chi connectivity index (χ4n) is 2.28. The Kier molecular flexibility index (Phi) is 15.2. The second kappa shape index (κ2) is 15.7. The van der Waals surface area contributed by atoms with Gasteiger partial charge in [0.2, 0.25) is 11.8 Å². The molecule has 4 N–H and O–H groups in total. The van der Waals surface area contributed by atoms with Crippen LogP contribution >= 0.6 is 11.8 Å². The largest absolute Gasteiger partial charge is 0.450 e. The molecule has 0 saturated carbocycles. The van der Waals surface area contributed by atoms with Crippen LogP contribution in [0.4, 0.5) is 4.79 Å². The highest BCUT2D eigenvalue weighted by Gasteiger charge is 2.17. The SMILES string of the molecule is C[Si](C)(C)CCOC(=O)NCCCNC(=O)CSC[C@@H](CO)NC(=O)CC[Si](C)(C)C. The first-order valence-corrected chi connectivity index (χ1v) is 19.5. The van der Waals surface area contributed by atoms with Gasteiger partial charge in [0.1, 0.15) is 0 Å². The van der Waals surface area contributed by atoms with Crippen LogP contribution < -0.4 is 16.0 Å². The standard InChI is InChI=1S/C20H43N3O5SSi2/c1-30(2,3)12-8-18(25)23-17(14-24)15-29-16-19(26)21-9-7-10-22-20(27)28-11-13-31(4,5)6/h17,24H,7-16H2,1-6H3,(H,21,26)(H,22,27)(H,23,25)/t17-/m1/s1. The zero-order valence-electron chi connectivity index (χ0n) is 20.1. The summed E-state index contributed by atoms with van der Waals surface area (Å²) in [6, 6.07) is 1.51. The molecule has 0 fully saturated rings. The summed E-state index contributed by atoms with van der Waals surface area (Å²) in [5.41, 5.74) is 0. The number of aliphatic hydroxyl groups excluding tert-OH is 1. The van der Waals surface area contributed by atoms with E-state index in [4.69, 9.17) is 4.74 Å². The fraction of sp³-hybridized carbons (Fsp3) is 0.850. The van der Waals surface area contributed by atoms with Crippen molar-refractivity contribution in [2.75, 3.05) is 37.8 Å². The van der Waals surface area contributed by atoms with Crippen molar-refractivity contribution < 1.29 is 24.2 Å². The number of hydrogen-bond donors (Lipinski definition) is 4. The first kappa shape index (κ1) is 30.0. The first-order valence-electron chi connectivity index (χ1n) is 11.0. The van der Waals surface area contributed by atoms with Crippen molar-refractivity contribution >= 4 is 45.8 Å². The zero-order valence-corrected chi connectivity index (χ0v) is 23.0. The molecule has 0 bridgehead atoms. The van der Waals surface area contributed by atoms with Crippen LogP contribution in [0.15, 0.2) is 0 Å². The third-order valence-corrected chi connectivity index (χ3v) is 8.83. The molecule has 1 atom stereocenters. The van der Waals surface area contributed by atoms with Crippen LogP contribution in [0.2, 0.25) is 51.4 Å². The Labute approximate surface area is 194 Å². The van der Waals surface area contributed by atoms with Gasteiger partial charge < -0.3 is 25.8 Å². The maximum Gasteiger partial charge on any atom is 0.407 e. The van der Waals surface area contributed by atoms with Crippen LogP contribution in [0.25, 0.3) is 0 Å². The average molecular weight is 494 g/mol. The molecule has 0 aliphatic heterocycles. The van der Waals surface area contributed by atoms with E-state index in [1.165, 1.54) is 11.8 Å². The van der Waals surface area contributed by atoms with E-state index in [0.717, 1.165) is 12.1 Å². The number of carbonyl (C=O) groups excluding carboxylic acids is 3. The van der Waals surface area contributed by atoms with Gasteiger partial charge in [-0.25, -0.2) is 4.79 Å². The number of alkyl carbamates (subject to hydrolysis) is 1. The van der Waals surface area contributed by atoms with Crippen LogP contribution in [-0.4, -0.2) is 83.0 Å². The molecule has 0 saturated heterocycles. The molecule has 182 valence electrons. The average Bonchev–Trinajstić information content (AvgIpc) is 2.63. The second-order valence-electron chi connectivity index (χ2n) is 10.1. The van der Waals surface area contributed by atoms with Crippen molar-refractivity contribution in [3.05, 3.63) is 0 Å². The summed E-state index contributed by atoms with van der Waals surface area (Å²) in [6.45, 7) is 14.5. The predicted molar refractivity (Wildman–Crippen MR) is 134 cm³/mol. The number of amides is 3. The molecule has 0 aliphatic rings. The molecule has 3 amide bonds. The number of thioether (sulfide) groups is 1. The van der Waals surface area contributed by atoms with Gasteiger partial charge in [-0.05, 0) is 18.5 Å². The van der Waals surface area contributed by atoms with Gasteiger partial charge in [-0.15, -0.1) is 11.8 Å². The van der Waals surface area contributed by atoms with Gasteiger partial charge in [-0.2, -0.15) is 0 Å². The molecule has 0 spiro atoms. The molecule has 0 unspecified atom stereocenters. The highest BCUT2D eigenvalue weighted by Crippen LogP contribution is 2.11. The molecular weight excluding hydrogens is 450 g/mol. The van der Waals surface area contributed by atoms with Crippen molar-refractivity contribution in [1.82, 2.24) is 16.0 Å². The number of nitrogens with one attached hydrogen (secondary N) is 3. The first-order chi connectivity index (χ1) is 14.3. The van der Waals surface area contributed by atoms with Crippen LogP contribution in [0.1, 0.15) is 12.8 Å². The van der Waals surface area contributed by atoms with Gasteiger partial charge >= 0.3 is 6.09 Å². The predicted octanol–water partition coefficient (Wildman–Crippen LogP) is 2.50. The van der Waals surface area contributed by atoms with Crippen molar-refractivity contribution in [3.8, 4) is 0 Å². The Morgan fingerprint density at radius 1 is 0.935 bits per heavy atom. The minimum Gasteiger partial charge on any atom is -0.450 e. The molecule has 31 heavy (non-hydrogen) atoms. The lowest BCUT2D eigenvalue weighted by Gasteiger charge is -2.18. The lowest BCUT2D eigenvalue weighted by molar-refractivity contribution is -0.121. The smallest absolute Gasteiger partial charge is 0.407 e. The summed E-state index contributed by atoms with van der Waals surface area (Å²) in [7, 11) is -2.48. The van der Waals surface area contributed by atoms with E-state index >= 15 is 0 Å². The minimum absolute atomic E-state index is 0.0435. The Balaban J connectivity index is 3.80. The maximum absolute atomic E-state index is 12.0. The zero-order chi connectivity index (χ0) is 23.9. The van der Waals surface area contributed by atoms with Crippen molar-refractivity contribution in [2.45, 2.75) is 70.3 Å². The molecule has 0 aromatic carbocycles. The summed E-state index contributed by atoms with van der Waals surface area (Å²) >= 11 is 1.37. The quantitative estimate of drug-likeness (QED) is 0.194. The highest BCUT2D eigenvalue weighted by molar-refractivity contribution is 8.00. The Morgan fingerprint density at radius 3 is 2.13 bits per heavy atom. The molecule has 0 radical (unpaired) electrons. The summed E-state index contributed by atoms with van der Waals surface area (Å²) in [5.74, 6) is 0.587. The highest BCUT2D eigenvalue weighted by atomic mass is 32.2. The van der Waals surface area contributed by atoms with Gasteiger partial charge in [0.05, 0.1) is 25.0 Å². The molecule has 0 heterocycles. The van der Waals surface area contributed by atoms with Crippen LogP contribution in [0.3, 0.4) is 0 Å². The maximum atomic E-state index is 12.0. The molecule has 0 rings (SSSR count). The molecule has 0 aromatic rings. The van der Waals surface area contributed by atoms with E-state index in [1.807, 2.05) is 0 Å². The minimum atomic E-state index is -1.27. The monoisotopic (exact) mass is 493 g/mol. The van der Waals surface area contributed by atoms with Gasteiger partial charge in [-0.3, -0.25) is 9.59 Å². The third kappa shape index (κ3) is 20.6. The third-order valence-electron chi connectivity index (χ3n) is 4.27. The Bertz CT molecular complexity index is 554. The lowest BCUT2D eigenvalue weighted by atomic mass is 10.3. The summed E-state index contributed by atoms with van der Waals surface area (Å²) in [5, 5.41) is 17.8. The number of rotatable bonds is 16. The van der Waals surface area contributed by atoms with E-state index in [2.05, 4.69) is 55.2 Å². The van der Waals surface area contributed by atoms with E-state index in [1.54, 1.807) is 0 Å². The van der Waals surface area contributed by atoms with E-state index < -0.39 is 22.2 Å². The van der Waals surface area contributed by atoms with Crippen LogP contribution in [0.5, 0.6) is 0 Å². The Hall–Kier alpha value is -1.05. The molecule has 0 aliphatic carbocycles. The molecular formula is C20H43N3O5SSi2.